The number of hydrogen-bond donors (Lipinski definition) is 4. The van der Waals surface area contributed by atoms with Crippen molar-refractivity contribution in [2.75, 3.05) is 5.32 Å². The Morgan fingerprint density at radius 3 is 2.34 bits per heavy atom. The van der Waals surface area contributed by atoms with Crippen molar-refractivity contribution in [2.45, 2.75) is 32.8 Å². The van der Waals surface area contributed by atoms with Gasteiger partial charge >= 0.3 is 0 Å². The fourth-order valence-electron chi connectivity index (χ4n) is 3.91. The van der Waals surface area contributed by atoms with E-state index in [1.807, 2.05) is 61.5 Å². The van der Waals surface area contributed by atoms with E-state index in [0.29, 0.717) is 23.6 Å². The first-order chi connectivity index (χ1) is 18.4. The number of hydrogen-bond acceptors (Lipinski definition) is 5. The van der Waals surface area contributed by atoms with E-state index < -0.39 is 5.91 Å². The standard InChI is InChI=1S/C29H27N5O4/c1-19-24(25-15-23(11-12-26(25)31-19)38-18-21-5-3-2-4-6-21)16-29(37)34-33-28(36)14-13-27(35)32-22-9-7-20(17-30)8-10-22/h2-12,15,31H,13-14,16,18H2,1H3,(H,32,35)(H,33,36)(H,34,37). The Morgan fingerprint density at radius 1 is 0.895 bits per heavy atom. The van der Waals surface area contributed by atoms with E-state index in [1.54, 1.807) is 24.3 Å². The number of amides is 3. The molecule has 0 aliphatic carbocycles. The van der Waals surface area contributed by atoms with Crippen molar-refractivity contribution < 1.29 is 19.1 Å². The second-order valence-corrected chi connectivity index (χ2v) is 8.72. The molecule has 9 heteroatoms. The van der Waals surface area contributed by atoms with Gasteiger partial charge in [-0.1, -0.05) is 30.3 Å². The molecule has 0 bridgehead atoms. The van der Waals surface area contributed by atoms with Crippen LogP contribution in [0.25, 0.3) is 10.9 Å². The summed E-state index contributed by atoms with van der Waals surface area (Å²) in [6.07, 6.45) is -0.112. The van der Waals surface area contributed by atoms with Crippen LogP contribution in [-0.2, 0) is 27.4 Å². The van der Waals surface area contributed by atoms with Crippen LogP contribution < -0.4 is 20.9 Å². The summed E-state index contributed by atoms with van der Waals surface area (Å²) in [5.74, 6) is -0.536. The molecule has 0 aliphatic heterocycles. The van der Waals surface area contributed by atoms with E-state index in [4.69, 9.17) is 10.00 Å². The van der Waals surface area contributed by atoms with E-state index in [2.05, 4.69) is 21.2 Å². The zero-order valence-electron chi connectivity index (χ0n) is 20.8. The summed E-state index contributed by atoms with van der Waals surface area (Å²) in [4.78, 5) is 40.1. The molecule has 192 valence electrons. The molecule has 0 atom stereocenters. The Morgan fingerprint density at radius 2 is 1.61 bits per heavy atom. The molecular formula is C29H27N5O4. The number of hydrazine groups is 1. The number of carbonyl (C=O) groups is 3. The number of carbonyl (C=O) groups excluding carboxylic acids is 3. The number of benzene rings is 3. The Hall–Kier alpha value is -5.10. The smallest absolute Gasteiger partial charge is 0.242 e. The first-order valence-electron chi connectivity index (χ1n) is 12.1. The summed E-state index contributed by atoms with van der Waals surface area (Å²) in [5, 5.41) is 12.4. The molecule has 0 unspecified atom stereocenters. The maximum absolute atomic E-state index is 12.6. The molecule has 4 N–H and O–H groups in total. The molecule has 0 aliphatic rings. The summed E-state index contributed by atoms with van der Waals surface area (Å²) >= 11 is 0. The third-order valence-electron chi connectivity index (χ3n) is 5.89. The molecule has 9 nitrogen and oxygen atoms in total. The fourth-order valence-corrected chi connectivity index (χ4v) is 3.91. The van der Waals surface area contributed by atoms with Crippen molar-refractivity contribution in [1.82, 2.24) is 15.8 Å². The molecule has 1 heterocycles. The molecule has 0 fully saturated rings. The van der Waals surface area contributed by atoms with Crippen molar-refractivity contribution in [3.63, 3.8) is 0 Å². The molecule has 38 heavy (non-hydrogen) atoms. The van der Waals surface area contributed by atoms with Gasteiger partial charge in [-0.3, -0.25) is 25.2 Å². The van der Waals surface area contributed by atoms with Gasteiger partial charge in [0.05, 0.1) is 18.1 Å². The van der Waals surface area contributed by atoms with Crippen LogP contribution in [0.1, 0.15) is 35.2 Å². The number of anilines is 1. The third kappa shape index (κ3) is 6.98. The summed E-state index contributed by atoms with van der Waals surface area (Å²) in [7, 11) is 0. The largest absolute Gasteiger partial charge is 0.489 e. The van der Waals surface area contributed by atoms with Crippen molar-refractivity contribution in [3.05, 3.63) is 95.2 Å². The summed E-state index contributed by atoms with van der Waals surface area (Å²) < 4.78 is 5.93. The molecule has 0 saturated carbocycles. The van der Waals surface area contributed by atoms with Gasteiger partial charge in [-0.2, -0.15) is 5.26 Å². The number of ether oxygens (including phenoxy) is 1. The number of aromatic nitrogens is 1. The van der Waals surface area contributed by atoms with Gasteiger partial charge < -0.3 is 15.0 Å². The average Bonchev–Trinajstić information content (AvgIpc) is 3.24. The predicted octanol–water partition coefficient (Wildman–Crippen LogP) is 4.04. The van der Waals surface area contributed by atoms with E-state index in [0.717, 1.165) is 27.7 Å². The number of aromatic amines is 1. The van der Waals surface area contributed by atoms with Gasteiger partial charge in [0.15, 0.2) is 0 Å². The minimum Gasteiger partial charge on any atom is -0.489 e. The summed E-state index contributed by atoms with van der Waals surface area (Å²) in [6.45, 7) is 2.32. The number of fused-ring (bicyclic) bond motifs is 1. The molecule has 0 saturated heterocycles. The van der Waals surface area contributed by atoms with Crippen LogP contribution in [0.2, 0.25) is 0 Å². The van der Waals surface area contributed by atoms with Gasteiger partial charge in [-0.25, -0.2) is 0 Å². The lowest BCUT2D eigenvalue weighted by molar-refractivity contribution is -0.129. The van der Waals surface area contributed by atoms with E-state index in [9.17, 15) is 14.4 Å². The summed E-state index contributed by atoms with van der Waals surface area (Å²) in [5.41, 5.74) is 9.38. The number of nitriles is 1. The molecule has 1 aromatic heterocycles. The van der Waals surface area contributed by atoms with E-state index in [1.165, 1.54) is 0 Å². The molecule has 3 amide bonds. The van der Waals surface area contributed by atoms with E-state index in [-0.39, 0.29) is 31.1 Å². The molecule has 0 spiro atoms. The van der Waals surface area contributed by atoms with Crippen LogP contribution in [-0.4, -0.2) is 22.7 Å². The lowest BCUT2D eigenvalue weighted by Crippen LogP contribution is -2.42. The number of H-pyrrole nitrogens is 1. The van der Waals surface area contributed by atoms with Gasteiger partial charge in [-0.15, -0.1) is 0 Å². The molecular weight excluding hydrogens is 482 g/mol. The highest BCUT2D eigenvalue weighted by Gasteiger charge is 2.15. The van der Waals surface area contributed by atoms with Crippen molar-refractivity contribution >= 4 is 34.3 Å². The van der Waals surface area contributed by atoms with Crippen LogP contribution >= 0.6 is 0 Å². The van der Waals surface area contributed by atoms with Gasteiger partial charge in [0.1, 0.15) is 12.4 Å². The van der Waals surface area contributed by atoms with Crippen molar-refractivity contribution in [2.24, 2.45) is 0 Å². The first kappa shape index (κ1) is 26.0. The third-order valence-corrected chi connectivity index (χ3v) is 5.89. The monoisotopic (exact) mass is 509 g/mol. The van der Waals surface area contributed by atoms with Crippen molar-refractivity contribution in [3.8, 4) is 11.8 Å². The van der Waals surface area contributed by atoms with Crippen LogP contribution in [0, 0.1) is 18.3 Å². The Balaban J connectivity index is 1.26. The van der Waals surface area contributed by atoms with E-state index >= 15 is 0 Å². The highest BCUT2D eigenvalue weighted by atomic mass is 16.5. The normalized spacial score (nSPS) is 10.4. The lowest BCUT2D eigenvalue weighted by Gasteiger charge is -2.09. The van der Waals surface area contributed by atoms with Gasteiger partial charge in [0.2, 0.25) is 17.7 Å². The average molecular weight is 510 g/mol. The molecule has 3 aromatic carbocycles. The number of nitrogens with one attached hydrogen (secondary N) is 4. The quantitative estimate of drug-likeness (QED) is 0.253. The second-order valence-electron chi connectivity index (χ2n) is 8.72. The van der Waals surface area contributed by atoms with Gasteiger partial charge in [0, 0.05) is 35.1 Å². The predicted molar refractivity (Wildman–Crippen MR) is 143 cm³/mol. The minimum atomic E-state index is -0.486. The molecule has 4 rings (SSSR count). The maximum atomic E-state index is 12.6. The lowest BCUT2D eigenvalue weighted by atomic mass is 10.1. The fraction of sp³-hybridized carbons (Fsp3) is 0.172. The van der Waals surface area contributed by atoms with Crippen LogP contribution in [0.15, 0.2) is 72.8 Å². The summed E-state index contributed by atoms with van der Waals surface area (Å²) in [6, 6.07) is 23.9. The van der Waals surface area contributed by atoms with Crippen LogP contribution in [0.5, 0.6) is 5.75 Å². The Kier molecular flexibility index (Phi) is 8.36. The minimum absolute atomic E-state index is 0.0490. The zero-order chi connectivity index (χ0) is 26.9. The number of aryl methyl sites for hydroxylation is 1. The van der Waals surface area contributed by atoms with Gasteiger partial charge in [0.25, 0.3) is 0 Å². The Bertz CT molecular complexity index is 1490. The zero-order valence-corrected chi connectivity index (χ0v) is 20.8. The first-order valence-corrected chi connectivity index (χ1v) is 12.1. The maximum Gasteiger partial charge on any atom is 0.242 e. The highest BCUT2D eigenvalue weighted by molar-refractivity contribution is 5.94. The van der Waals surface area contributed by atoms with Gasteiger partial charge in [-0.05, 0) is 60.5 Å². The van der Waals surface area contributed by atoms with Crippen LogP contribution in [0.3, 0.4) is 0 Å². The molecule has 0 radical (unpaired) electrons. The Labute approximate surface area is 219 Å². The van der Waals surface area contributed by atoms with Crippen molar-refractivity contribution in [1.29, 1.82) is 5.26 Å². The second kappa shape index (κ2) is 12.2. The van der Waals surface area contributed by atoms with Crippen LogP contribution in [0.4, 0.5) is 5.69 Å². The molecule has 4 aromatic rings. The SMILES string of the molecule is Cc1[nH]c2ccc(OCc3ccccc3)cc2c1CC(=O)NNC(=O)CCC(=O)Nc1ccc(C#N)cc1. The number of nitrogens with zero attached hydrogens (tertiary/aromatic N) is 1. The topological polar surface area (TPSA) is 136 Å². The number of rotatable bonds is 9. The highest BCUT2D eigenvalue weighted by Crippen LogP contribution is 2.27.